The number of piperidine rings is 1. The van der Waals surface area contributed by atoms with Crippen molar-refractivity contribution in [2.75, 3.05) is 25.0 Å². The summed E-state index contributed by atoms with van der Waals surface area (Å²) in [6, 6.07) is 3.71. The van der Waals surface area contributed by atoms with Crippen molar-refractivity contribution in [3.8, 4) is 0 Å². The molecule has 2 amide bonds. The van der Waals surface area contributed by atoms with Gasteiger partial charge in [-0.2, -0.15) is 0 Å². The molecule has 2 aromatic heterocycles. The first-order valence-electron chi connectivity index (χ1n) is 10.5. The minimum absolute atomic E-state index is 0.0411. The molecular weight excluding hydrogens is 420 g/mol. The fraction of sp³-hybridized carbons (Fsp3) is 0.500. The number of carbonyl (C=O) groups excluding carboxylic acids is 3. The van der Waals surface area contributed by atoms with Crippen LogP contribution in [0.3, 0.4) is 0 Å². The van der Waals surface area contributed by atoms with Crippen LogP contribution in [0.4, 0.5) is 5.00 Å². The van der Waals surface area contributed by atoms with Crippen molar-refractivity contribution in [1.82, 2.24) is 4.90 Å². The Kier molecular flexibility index (Phi) is 6.53. The summed E-state index contributed by atoms with van der Waals surface area (Å²) in [5.74, 6) is -0.531. The second kappa shape index (κ2) is 9.31. The predicted molar refractivity (Wildman–Crippen MR) is 118 cm³/mol. The van der Waals surface area contributed by atoms with Crippen molar-refractivity contribution in [3.05, 3.63) is 38.4 Å². The van der Waals surface area contributed by atoms with E-state index in [1.807, 2.05) is 22.4 Å². The lowest BCUT2D eigenvalue weighted by molar-refractivity contribution is -0.121. The normalized spacial score (nSPS) is 16.8. The summed E-state index contributed by atoms with van der Waals surface area (Å²) >= 11 is 2.96. The van der Waals surface area contributed by atoms with E-state index in [9.17, 15) is 14.4 Å². The minimum atomic E-state index is -0.344. The highest BCUT2D eigenvalue weighted by Gasteiger charge is 2.31. The van der Waals surface area contributed by atoms with Gasteiger partial charge in [-0.1, -0.05) is 6.07 Å². The number of rotatable bonds is 5. The fourth-order valence-corrected chi connectivity index (χ4v) is 6.16. The van der Waals surface area contributed by atoms with E-state index in [0.29, 0.717) is 43.1 Å². The SMILES string of the molecule is CCOC(=O)c1c(NC(=O)C2CCN(C(=O)c3cccs3)CC2)sc2c1CCCC2. The first-order valence-corrected chi connectivity index (χ1v) is 12.2. The molecule has 0 aromatic carbocycles. The standard InChI is InChI=1S/C22H26N2O4S2/c1-2-28-22(27)18-15-6-3-4-7-16(15)30-20(18)23-19(25)14-9-11-24(12-10-14)21(26)17-8-5-13-29-17/h5,8,13-14H,2-4,6-7,9-12H2,1H3,(H,23,25). The number of likely N-dealkylation sites (tertiary alicyclic amines) is 1. The number of hydrogen-bond donors (Lipinski definition) is 1. The number of ether oxygens (including phenoxy) is 1. The van der Waals surface area contributed by atoms with E-state index in [1.54, 1.807) is 6.92 Å². The Morgan fingerprint density at radius 2 is 1.97 bits per heavy atom. The van der Waals surface area contributed by atoms with Gasteiger partial charge in [0.15, 0.2) is 0 Å². The van der Waals surface area contributed by atoms with Crippen molar-refractivity contribution in [2.45, 2.75) is 45.4 Å². The van der Waals surface area contributed by atoms with E-state index in [-0.39, 0.29) is 23.7 Å². The Morgan fingerprint density at radius 3 is 2.67 bits per heavy atom. The summed E-state index contributed by atoms with van der Waals surface area (Å²) in [4.78, 5) is 41.8. The van der Waals surface area contributed by atoms with Crippen molar-refractivity contribution in [1.29, 1.82) is 0 Å². The molecule has 3 heterocycles. The molecule has 1 fully saturated rings. The van der Waals surface area contributed by atoms with E-state index in [0.717, 1.165) is 36.1 Å². The molecule has 160 valence electrons. The summed E-state index contributed by atoms with van der Waals surface area (Å²) < 4.78 is 5.27. The van der Waals surface area contributed by atoms with Gasteiger partial charge in [0, 0.05) is 23.9 Å². The summed E-state index contributed by atoms with van der Waals surface area (Å²) in [5, 5.41) is 5.55. The topological polar surface area (TPSA) is 75.7 Å². The second-order valence-electron chi connectivity index (χ2n) is 7.67. The van der Waals surface area contributed by atoms with Crippen LogP contribution in [-0.2, 0) is 22.4 Å². The van der Waals surface area contributed by atoms with Crippen LogP contribution in [-0.4, -0.2) is 42.4 Å². The van der Waals surface area contributed by atoms with Gasteiger partial charge in [-0.15, -0.1) is 22.7 Å². The maximum absolute atomic E-state index is 13.0. The van der Waals surface area contributed by atoms with Gasteiger partial charge in [0.1, 0.15) is 5.00 Å². The molecule has 0 unspecified atom stereocenters. The summed E-state index contributed by atoms with van der Waals surface area (Å²) in [6.07, 6.45) is 5.23. The molecule has 1 N–H and O–H groups in total. The molecule has 4 rings (SSSR count). The molecule has 6 nitrogen and oxygen atoms in total. The van der Waals surface area contributed by atoms with Gasteiger partial charge >= 0.3 is 5.97 Å². The first kappa shape index (κ1) is 21.1. The number of amides is 2. The Hall–Kier alpha value is -2.19. The maximum atomic E-state index is 13.0. The summed E-state index contributed by atoms with van der Waals surface area (Å²) in [6.45, 7) is 3.24. The van der Waals surface area contributed by atoms with Crippen LogP contribution in [0.25, 0.3) is 0 Å². The van der Waals surface area contributed by atoms with Gasteiger partial charge in [0.25, 0.3) is 5.91 Å². The van der Waals surface area contributed by atoms with Crippen LogP contribution < -0.4 is 5.32 Å². The number of nitrogens with one attached hydrogen (secondary N) is 1. The highest BCUT2D eigenvalue weighted by Crippen LogP contribution is 2.39. The van der Waals surface area contributed by atoms with Crippen molar-refractivity contribution >= 4 is 45.5 Å². The van der Waals surface area contributed by atoms with Gasteiger partial charge in [-0.05, 0) is 62.5 Å². The molecule has 1 aliphatic heterocycles. The molecule has 30 heavy (non-hydrogen) atoms. The number of thiophene rings is 2. The fourth-order valence-electron chi connectivity index (χ4n) is 4.19. The number of anilines is 1. The lowest BCUT2D eigenvalue weighted by atomic mass is 9.94. The molecular formula is C22H26N2O4S2. The average Bonchev–Trinajstić information content (AvgIpc) is 3.41. The lowest BCUT2D eigenvalue weighted by Crippen LogP contribution is -2.41. The zero-order chi connectivity index (χ0) is 21.1. The summed E-state index contributed by atoms with van der Waals surface area (Å²) in [7, 11) is 0. The predicted octanol–water partition coefficient (Wildman–Crippen LogP) is 4.36. The summed E-state index contributed by atoms with van der Waals surface area (Å²) in [5.41, 5.74) is 1.60. The zero-order valence-corrected chi connectivity index (χ0v) is 18.7. The van der Waals surface area contributed by atoms with Gasteiger partial charge < -0.3 is 15.0 Å². The molecule has 1 aliphatic carbocycles. The third-order valence-corrected chi connectivity index (χ3v) is 7.84. The van der Waals surface area contributed by atoms with Crippen molar-refractivity contribution in [2.24, 2.45) is 5.92 Å². The molecule has 0 saturated carbocycles. The quantitative estimate of drug-likeness (QED) is 0.693. The van der Waals surface area contributed by atoms with Gasteiger partial charge in [0.05, 0.1) is 17.0 Å². The Balaban J connectivity index is 1.43. The largest absolute Gasteiger partial charge is 0.462 e. The monoisotopic (exact) mass is 446 g/mol. The van der Waals surface area contributed by atoms with E-state index in [4.69, 9.17) is 4.74 Å². The molecule has 0 spiro atoms. The minimum Gasteiger partial charge on any atom is -0.462 e. The van der Waals surface area contributed by atoms with Crippen LogP contribution in [0.1, 0.15) is 63.1 Å². The molecule has 0 radical (unpaired) electrons. The molecule has 8 heteroatoms. The third-order valence-electron chi connectivity index (χ3n) is 5.77. The number of carbonyl (C=O) groups is 3. The maximum Gasteiger partial charge on any atom is 0.341 e. The molecule has 2 aromatic rings. The Labute approximate surface area is 184 Å². The lowest BCUT2D eigenvalue weighted by Gasteiger charge is -2.31. The Morgan fingerprint density at radius 1 is 1.20 bits per heavy atom. The number of esters is 1. The van der Waals surface area contributed by atoms with Crippen LogP contribution in [0.5, 0.6) is 0 Å². The van der Waals surface area contributed by atoms with Crippen LogP contribution in [0.2, 0.25) is 0 Å². The zero-order valence-electron chi connectivity index (χ0n) is 17.1. The number of nitrogens with zero attached hydrogens (tertiary/aromatic N) is 1. The molecule has 0 atom stereocenters. The smallest absolute Gasteiger partial charge is 0.341 e. The second-order valence-corrected chi connectivity index (χ2v) is 9.72. The van der Waals surface area contributed by atoms with E-state index in [2.05, 4.69) is 5.32 Å². The number of hydrogen-bond acceptors (Lipinski definition) is 6. The van der Waals surface area contributed by atoms with E-state index >= 15 is 0 Å². The van der Waals surface area contributed by atoms with E-state index in [1.165, 1.54) is 27.6 Å². The van der Waals surface area contributed by atoms with Crippen LogP contribution in [0, 0.1) is 5.92 Å². The van der Waals surface area contributed by atoms with Crippen LogP contribution >= 0.6 is 22.7 Å². The Bertz CT molecular complexity index is 927. The van der Waals surface area contributed by atoms with Crippen molar-refractivity contribution in [3.63, 3.8) is 0 Å². The third kappa shape index (κ3) is 4.30. The van der Waals surface area contributed by atoms with Crippen LogP contribution in [0.15, 0.2) is 17.5 Å². The molecule has 0 bridgehead atoms. The van der Waals surface area contributed by atoms with Gasteiger partial charge in [0.2, 0.25) is 5.91 Å². The molecule has 2 aliphatic rings. The number of fused-ring (bicyclic) bond motifs is 1. The first-order chi connectivity index (χ1) is 14.6. The highest BCUT2D eigenvalue weighted by atomic mass is 32.1. The molecule has 1 saturated heterocycles. The van der Waals surface area contributed by atoms with E-state index < -0.39 is 0 Å². The average molecular weight is 447 g/mol. The highest BCUT2D eigenvalue weighted by molar-refractivity contribution is 7.17. The van der Waals surface area contributed by atoms with Gasteiger partial charge in [-0.25, -0.2) is 4.79 Å². The van der Waals surface area contributed by atoms with Gasteiger partial charge in [-0.3, -0.25) is 9.59 Å². The van der Waals surface area contributed by atoms with Crippen molar-refractivity contribution < 1.29 is 19.1 Å². The number of aryl methyl sites for hydroxylation is 1.